The minimum Gasteiger partial charge on any atom is -0.0970 e. The minimum atomic E-state index is 0.909. The Hall–Kier alpha value is -0.740. The van der Waals surface area contributed by atoms with Crippen LogP contribution in [-0.4, -0.2) is 5.33 Å². The van der Waals surface area contributed by atoms with Crippen molar-refractivity contribution < 1.29 is 0 Å². The maximum atomic E-state index is 3.37. The van der Waals surface area contributed by atoms with Gasteiger partial charge in [0.2, 0.25) is 0 Å². The molecule has 0 atom stereocenters. The molecule has 0 nitrogen and oxygen atoms in total. The molecular weight excluding hydrogens is 236 g/mol. The van der Waals surface area contributed by atoms with Crippen molar-refractivity contribution in [2.45, 2.75) is 27.2 Å². The zero-order valence-corrected chi connectivity index (χ0v) is 10.5. The van der Waals surface area contributed by atoms with E-state index in [1.807, 2.05) is 0 Å². The lowest BCUT2D eigenvalue weighted by atomic mass is 10.0. The highest BCUT2D eigenvalue weighted by atomic mass is 79.9. The number of halogens is 1. The Bertz CT molecular complexity index is 357. The van der Waals surface area contributed by atoms with Gasteiger partial charge < -0.3 is 0 Å². The highest BCUT2D eigenvalue weighted by Crippen LogP contribution is 2.14. The number of alkyl halides is 1. The molecule has 0 saturated heterocycles. The van der Waals surface area contributed by atoms with Gasteiger partial charge in [-0.2, -0.15) is 0 Å². The maximum Gasteiger partial charge on any atom is 0.0303 e. The normalized spacial score (nSPS) is 9.43. The lowest BCUT2D eigenvalue weighted by Gasteiger charge is -2.04. The van der Waals surface area contributed by atoms with Gasteiger partial charge in [-0.1, -0.05) is 45.5 Å². The molecule has 1 aromatic rings. The van der Waals surface area contributed by atoms with E-state index in [-0.39, 0.29) is 0 Å². The number of benzene rings is 1. The van der Waals surface area contributed by atoms with E-state index in [4.69, 9.17) is 0 Å². The van der Waals surface area contributed by atoms with Crippen LogP contribution < -0.4 is 0 Å². The van der Waals surface area contributed by atoms with Gasteiger partial charge >= 0.3 is 0 Å². The van der Waals surface area contributed by atoms with E-state index >= 15 is 0 Å². The summed E-state index contributed by atoms with van der Waals surface area (Å²) >= 11 is 3.37. The van der Waals surface area contributed by atoms with E-state index < -0.39 is 0 Å². The van der Waals surface area contributed by atoms with Gasteiger partial charge in [-0.15, -0.1) is 0 Å². The Morgan fingerprint density at radius 1 is 1.14 bits per heavy atom. The van der Waals surface area contributed by atoms with Gasteiger partial charge in [-0.05, 0) is 31.9 Å². The van der Waals surface area contributed by atoms with Crippen LogP contribution in [0.15, 0.2) is 12.1 Å². The first-order chi connectivity index (χ1) is 6.65. The van der Waals surface area contributed by atoms with E-state index in [0.717, 1.165) is 11.8 Å². The summed E-state index contributed by atoms with van der Waals surface area (Å²) in [7, 11) is 0. The van der Waals surface area contributed by atoms with Crippen molar-refractivity contribution in [3.8, 4) is 11.8 Å². The van der Waals surface area contributed by atoms with E-state index in [1.54, 1.807) is 0 Å². The largest absolute Gasteiger partial charge is 0.0970 e. The van der Waals surface area contributed by atoms with Gasteiger partial charge in [0.05, 0.1) is 0 Å². The molecule has 0 unspecified atom stereocenters. The second-order valence-electron chi connectivity index (χ2n) is 3.51. The van der Waals surface area contributed by atoms with Crippen LogP contribution in [0.5, 0.6) is 0 Å². The third-order valence-corrected chi connectivity index (χ3v) is 2.51. The summed E-state index contributed by atoms with van der Waals surface area (Å²) in [6, 6.07) is 4.37. The summed E-state index contributed by atoms with van der Waals surface area (Å²) < 4.78 is 0. The Morgan fingerprint density at radius 2 is 1.71 bits per heavy atom. The standard InChI is InChI=1S/C13H15Br/c1-10-8-11(2)13(12(3)9-10)6-4-5-7-14/h8-9H,5,7H2,1-3H3. The van der Waals surface area contributed by atoms with Crippen LogP contribution in [0, 0.1) is 32.6 Å². The molecule has 1 heteroatoms. The van der Waals surface area contributed by atoms with Gasteiger partial charge in [-0.25, -0.2) is 0 Å². The monoisotopic (exact) mass is 250 g/mol. The first-order valence-electron chi connectivity index (χ1n) is 4.78. The van der Waals surface area contributed by atoms with E-state index in [1.165, 1.54) is 22.3 Å². The molecule has 0 aromatic heterocycles. The molecule has 1 rings (SSSR count). The molecular formula is C13H15Br. The molecule has 0 amide bonds. The third-order valence-electron chi connectivity index (χ3n) is 2.11. The van der Waals surface area contributed by atoms with Crippen LogP contribution in [0.2, 0.25) is 0 Å². The fraction of sp³-hybridized carbons (Fsp3) is 0.385. The Balaban J connectivity index is 3.04. The average molecular weight is 251 g/mol. The molecule has 0 heterocycles. The fourth-order valence-corrected chi connectivity index (χ4v) is 1.77. The van der Waals surface area contributed by atoms with Crippen molar-refractivity contribution in [2.75, 3.05) is 5.33 Å². The smallest absolute Gasteiger partial charge is 0.0303 e. The van der Waals surface area contributed by atoms with Gasteiger partial charge in [0.1, 0.15) is 0 Å². The van der Waals surface area contributed by atoms with Gasteiger partial charge in [0.15, 0.2) is 0 Å². The molecule has 0 aliphatic heterocycles. The van der Waals surface area contributed by atoms with Crippen molar-refractivity contribution >= 4 is 15.9 Å². The first-order valence-corrected chi connectivity index (χ1v) is 5.90. The molecule has 1 aromatic carbocycles. The second-order valence-corrected chi connectivity index (χ2v) is 4.31. The van der Waals surface area contributed by atoms with Crippen LogP contribution in [-0.2, 0) is 0 Å². The summed E-state index contributed by atoms with van der Waals surface area (Å²) in [5.41, 5.74) is 5.07. The Labute approximate surface area is 94.9 Å². The zero-order chi connectivity index (χ0) is 10.6. The fourth-order valence-electron chi connectivity index (χ4n) is 1.58. The number of hydrogen-bond acceptors (Lipinski definition) is 0. The quantitative estimate of drug-likeness (QED) is 0.526. The lowest BCUT2D eigenvalue weighted by molar-refractivity contribution is 1.28. The Morgan fingerprint density at radius 3 is 2.21 bits per heavy atom. The summed E-state index contributed by atoms with van der Waals surface area (Å²) in [4.78, 5) is 0. The van der Waals surface area contributed by atoms with E-state index in [9.17, 15) is 0 Å². The van der Waals surface area contributed by atoms with Crippen LogP contribution in [0.4, 0.5) is 0 Å². The average Bonchev–Trinajstić information content (AvgIpc) is 2.09. The van der Waals surface area contributed by atoms with Gasteiger partial charge in [0.25, 0.3) is 0 Å². The van der Waals surface area contributed by atoms with Crippen molar-refractivity contribution in [1.82, 2.24) is 0 Å². The van der Waals surface area contributed by atoms with Crippen molar-refractivity contribution in [3.05, 3.63) is 34.4 Å². The molecule has 0 aliphatic carbocycles. The number of rotatable bonds is 1. The summed E-state index contributed by atoms with van der Waals surface area (Å²) in [5.74, 6) is 6.38. The predicted octanol–water partition coefficient (Wildman–Crippen LogP) is 3.75. The first kappa shape index (κ1) is 11.3. The predicted molar refractivity (Wildman–Crippen MR) is 65.9 cm³/mol. The summed E-state index contributed by atoms with van der Waals surface area (Å²) in [6.07, 6.45) is 0.909. The van der Waals surface area contributed by atoms with Crippen molar-refractivity contribution in [2.24, 2.45) is 0 Å². The number of hydrogen-bond donors (Lipinski definition) is 0. The zero-order valence-electron chi connectivity index (χ0n) is 8.95. The van der Waals surface area contributed by atoms with Crippen LogP contribution in [0.25, 0.3) is 0 Å². The third kappa shape index (κ3) is 2.89. The second kappa shape index (κ2) is 5.22. The summed E-state index contributed by atoms with van der Waals surface area (Å²) in [6.45, 7) is 6.37. The molecule has 0 spiro atoms. The molecule has 0 N–H and O–H groups in total. The molecule has 0 radical (unpaired) electrons. The molecule has 0 saturated carbocycles. The highest BCUT2D eigenvalue weighted by molar-refractivity contribution is 9.09. The van der Waals surface area contributed by atoms with Gasteiger partial charge in [0, 0.05) is 17.3 Å². The van der Waals surface area contributed by atoms with Crippen LogP contribution in [0.3, 0.4) is 0 Å². The minimum absolute atomic E-state index is 0.909. The summed E-state index contributed by atoms with van der Waals surface area (Å²) in [5, 5.41) is 0.948. The molecule has 74 valence electrons. The number of aryl methyl sites for hydroxylation is 3. The molecule has 0 bridgehead atoms. The van der Waals surface area contributed by atoms with Crippen molar-refractivity contribution in [1.29, 1.82) is 0 Å². The van der Waals surface area contributed by atoms with E-state index in [2.05, 4.69) is 60.7 Å². The van der Waals surface area contributed by atoms with E-state index in [0.29, 0.717) is 0 Å². The topological polar surface area (TPSA) is 0 Å². The molecule has 0 aliphatic rings. The Kier molecular flexibility index (Phi) is 4.22. The lowest BCUT2D eigenvalue weighted by Crippen LogP contribution is -1.89. The van der Waals surface area contributed by atoms with Crippen LogP contribution >= 0.6 is 15.9 Å². The molecule has 14 heavy (non-hydrogen) atoms. The SMILES string of the molecule is Cc1cc(C)c(C#CCCBr)c(C)c1. The van der Waals surface area contributed by atoms with Gasteiger partial charge in [-0.3, -0.25) is 0 Å². The molecule has 0 fully saturated rings. The highest BCUT2D eigenvalue weighted by Gasteiger charge is 1.99. The van der Waals surface area contributed by atoms with Crippen LogP contribution in [0.1, 0.15) is 28.7 Å². The van der Waals surface area contributed by atoms with Crippen molar-refractivity contribution in [3.63, 3.8) is 0 Å². The maximum absolute atomic E-state index is 3.37.